The summed E-state index contributed by atoms with van der Waals surface area (Å²) in [6.07, 6.45) is 0. The molecule has 0 aliphatic carbocycles. The predicted molar refractivity (Wildman–Crippen MR) is 77.2 cm³/mol. The SMILES string of the molecule is CC(=O)c1cc(Cl)ccc1B1OC(C)(C)C(C)(C)O1. The lowest BCUT2D eigenvalue weighted by Gasteiger charge is -2.32. The zero-order valence-corrected chi connectivity index (χ0v) is 12.7. The molecule has 0 N–H and O–H groups in total. The van der Waals surface area contributed by atoms with E-state index in [0.29, 0.717) is 10.6 Å². The second-order valence-electron chi connectivity index (χ2n) is 5.88. The van der Waals surface area contributed by atoms with Crippen molar-refractivity contribution in [2.24, 2.45) is 0 Å². The quantitative estimate of drug-likeness (QED) is 0.617. The van der Waals surface area contributed by atoms with Crippen LogP contribution in [0.4, 0.5) is 0 Å². The predicted octanol–water partition coefficient (Wildman–Crippen LogP) is 2.84. The van der Waals surface area contributed by atoms with E-state index in [1.807, 2.05) is 27.7 Å². The first kappa shape index (κ1) is 14.6. The molecule has 1 saturated heterocycles. The molecule has 0 atom stereocenters. The molecule has 2 rings (SSSR count). The minimum Gasteiger partial charge on any atom is -0.399 e. The summed E-state index contributed by atoms with van der Waals surface area (Å²) >= 11 is 5.95. The molecule has 3 nitrogen and oxygen atoms in total. The van der Waals surface area contributed by atoms with Crippen molar-refractivity contribution in [3.8, 4) is 0 Å². The van der Waals surface area contributed by atoms with Crippen molar-refractivity contribution >= 4 is 30.0 Å². The van der Waals surface area contributed by atoms with Crippen molar-refractivity contribution in [2.75, 3.05) is 0 Å². The van der Waals surface area contributed by atoms with Crippen LogP contribution in [0.3, 0.4) is 0 Å². The van der Waals surface area contributed by atoms with Crippen LogP contribution >= 0.6 is 11.6 Å². The molecule has 102 valence electrons. The highest BCUT2D eigenvalue weighted by molar-refractivity contribution is 6.63. The summed E-state index contributed by atoms with van der Waals surface area (Å²) in [4.78, 5) is 11.7. The van der Waals surface area contributed by atoms with Crippen LogP contribution in [-0.2, 0) is 9.31 Å². The van der Waals surface area contributed by atoms with Crippen molar-refractivity contribution in [3.05, 3.63) is 28.8 Å². The fourth-order valence-corrected chi connectivity index (χ4v) is 2.18. The zero-order valence-electron chi connectivity index (χ0n) is 11.9. The zero-order chi connectivity index (χ0) is 14.4. The highest BCUT2D eigenvalue weighted by Crippen LogP contribution is 2.36. The smallest absolute Gasteiger partial charge is 0.399 e. The minimum atomic E-state index is -0.541. The summed E-state index contributed by atoms with van der Waals surface area (Å²) in [7, 11) is -0.541. The largest absolute Gasteiger partial charge is 0.495 e. The van der Waals surface area contributed by atoms with Crippen LogP contribution in [0.2, 0.25) is 5.02 Å². The van der Waals surface area contributed by atoms with E-state index in [1.54, 1.807) is 18.2 Å². The van der Waals surface area contributed by atoms with Gasteiger partial charge in [0, 0.05) is 10.6 Å². The molecule has 1 fully saturated rings. The standard InChI is InChI=1S/C14H18BClO3/c1-9(17)11-8-10(16)6-7-12(11)15-18-13(2,3)14(4,5)19-15/h6-8H,1-5H3. The van der Waals surface area contributed by atoms with E-state index >= 15 is 0 Å². The molecule has 0 saturated carbocycles. The van der Waals surface area contributed by atoms with Crippen LogP contribution in [0.25, 0.3) is 0 Å². The first-order valence-electron chi connectivity index (χ1n) is 6.30. The summed E-state index contributed by atoms with van der Waals surface area (Å²) in [5.41, 5.74) is 0.429. The van der Waals surface area contributed by atoms with Gasteiger partial charge in [0.15, 0.2) is 5.78 Å². The van der Waals surface area contributed by atoms with Gasteiger partial charge >= 0.3 is 7.12 Å². The molecule has 1 aromatic rings. The van der Waals surface area contributed by atoms with Gasteiger partial charge in [-0.2, -0.15) is 0 Å². The van der Waals surface area contributed by atoms with E-state index in [1.165, 1.54) is 6.92 Å². The highest BCUT2D eigenvalue weighted by Gasteiger charge is 2.52. The maximum Gasteiger partial charge on any atom is 0.495 e. The van der Waals surface area contributed by atoms with Crippen molar-refractivity contribution in [2.45, 2.75) is 45.8 Å². The van der Waals surface area contributed by atoms with Crippen LogP contribution in [0, 0.1) is 0 Å². The fourth-order valence-electron chi connectivity index (χ4n) is 2.01. The average molecular weight is 281 g/mol. The molecule has 0 radical (unpaired) electrons. The van der Waals surface area contributed by atoms with Gasteiger partial charge in [-0.25, -0.2) is 0 Å². The number of hydrogen-bond acceptors (Lipinski definition) is 3. The lowest BCUT2D eigenvalue weighted by molar-refractivity contribution is 0.00578. The molecule has 19 heavy (non-hydrogen) atoms. The topological polar surface area (TPSA) is 35.5 Å². The van der Waals surface area contributed by atoms with Gasteiger partial charge in [0.05, 0.1) is 11.2 Å². The van der Waals surface area contributed by atoms with Crippen LogP contribution in [0.5, 0.6) is 0 Å². The Balaban J connectivity index is 2.42. The Bertz CT molecular complexity index is 509. The molecule has 0 unspecified atom stereocenters. The average Bonchev–Trinajstić information content (AvgIpc) is 2.47. The van der Waals surface area contributed by atoms with Crippen molar-refractivity contribution < 1.29 is 14.1 Å². The lowest BCUT2D eigenvalue weighted by atomic mass is 9.75. The molecular weight excluding hydrogens is 262 g/mol. The number of ketones is 1. The lowest BCUT2D eigenvalue weighted by Crippen LogP contribution is -2.41. The Morgan fingerprint density at radius 2 is 1.68 bits per heavy atom. The molecule has 0 spiro atoms. The van der Waals surface area contributed by atoms with E-state index in [2.05, 4.69) is 0 Å². The third kappa shape index (κ3) is 2.57. The number of rotatable bonds is 2. The van der Waals surface area contributed by atoms with E-state index in [9.17, 15) is 4.79 Å². The van der Waals surface area contributed by atoms with E-state index in [4.69, 9.17) is 20.9 Å². The van der Waals surface area contributed by atoms with Gasteiger partial charge in [-0.1, -0.05) is 17.7 Å². The van der Waals surface area contributed by atoms with Gasteiger partial charge in [0.1, 0.15) is 0 Å². The van der Waals surface area contributed by atoms with Crippen molar-refractivity contribution in [3.63, 3.8) is 0 Å². The second kappa shape index (κ2) is 4.62. The monoisotopic (exact) mass is 280 g/mol. The van der Waals surface area contributed by atoms with Crippen molar-refractivity contribution in [1.82, 2.24) is 0 Å². The number of halogens is 1. The Morgan fingerprint density at radius 1 is 1.16 bits per heavy atom. The number of hydrogen-bond donors (Lipinski definition) is 0. The third-order valence-electron chi connectivity index (χ3n) is 3.90. The van der Waals surface area contributed by atoms with Gasteiger partial charge in [-0.05, 0) is 52.2 Å². The maximum absolute atomic E-state index is 11.7. The van der Waals surface area contributed by atoms with Gasteiger partial charge in [-0.15, -0.1) is 0 Å². The van der Waals surface area contributed by atoms with Gasteiger partial charge in [-0.3, -0.25) is 4.79 Å². The van der Waals surface area contributed by atoms with Crippen LogP contribution < -0.4 is 5.46 Å². The minimum absolute atomic E-state index is 0.0489. The number of carbonyl (C=O) groups excluding carboxylic acids is 1. The molecule has 0 bridgehead atoms. The highest BCUT2D eigenvalue weighted by atomic mass is 35.5. The molecule has 0 amide bonds. The summed E-state index contributed by atoms with van der Waals surface area (Å²) in [5, 5.41) is 0.533. The molecular formula is C14H18BClO3. The normalized spacial score (nSPS) is 20.6. The van der Waals surface area contributed by atoms with Crippen molar-refractivity contribution in [1.29, 1.82) is 0 Å². The molecule has 0 aromatic heterocycles. The van der Waals surface area contributed by atoms with Gasteiger partial charge < -0.3 is 9.31 Å². The summed E-state index contributed by atoms with van der Waals surface area (Å²) in [6.45, 7) is 9.44. The maximum atomic E-state index is 11.7. The molecule has 5 heteroatoms. The summed E-state index contributed by atoms with van der Waals surface area (Å²) in [6, 6.07) is 5.19. The molecule has 1 aliphatic rings. The first-order valence-corrected chi connectivity index (χ1v) is 6.68. The second-order valence-corrected chi connectivity index (χ2v) is 6.31. The number of carbonyl (C=O) groups is 1. The van der Waals surface area contributed by atoms with E-state index in [0.717, 1.165) is 5.46 Å². The van der Waals surface area contributed by atoms with Gasteiger partial charge in [0.25, 0.3) is 0 Å². The van der Waals surface area contributed by atoms with Crippen LogP contribution in [-0.4, -0.2) is 24.1 Å². The van der Waals surface area contributed by atoms with Gasteiger partial charge in [0.2, 0.25) is 0 Å². The summed E-state index contributed by atoms with van der Waals surface area (Å²) in [5.74, 6) is -0.0489. The fraction of sp³-hybridized carbons (Fsp3) is 0.500. The number of benzene rings is 1. The number of Topliss-reactive ketones (excluding diaryl/α,β-unsaturated/α-hetero) is 1. The third-order valence-corrected chi connectivity index (χ3v) is 4.14. The van der Waals surface area contributed by atoms with Crippen LogP contribution in [0.15, 0.2) is 18.2 Å². The molecule has 1 heterocycles. The summed E-state index contributed by atoms with van der Waals surface area (Å²) < 4.78 is 11.9. The Labute approximate surface area is 119 Å². The Kier molecular flexibility index (Phi) is 3.54. The van der Waals surface area contributed by atoms with E-state index in [-0.39, 0.29) is 5.78 Å². The van der Waals surface area contributed by atoms with E-state index < -0.39 is 18.3 Å². The molecule has 1 aromatic carbocycles. The first-order chi connectivity index (χ1) is 8.64. The Morgan fingerprint density at radius 3 is 2.16 bits per heavy atom. The molecule has 1 aliphatic heterocycles. The Hall–Kier alpha value is -0.835. The van der Waals surface area contributed by atoms with Crippen LogP contribution in [0.1, 0.15) is 45.0 Å².